The standard InChI is InChI=1S/C11H13N5O2/c1-6-8(4-12)11(15(2)14-6)16-5-7(10(13)18)3-9(16)17/h7H,3,5H2,1-2H3,(H2,13,18). The predicted molar refractivity (Wildman–Crippen MR) is 62.3 cm³/mol. The number of nitriles is 1. The summed E-state index contributed by atoms with van der Waals surface area (Å²) in [5, 5.41) is 13.2. The largest absolute Gasteiger partial charge is 0.369 e. The molecule has 7 heteroatoms. The molecule has 0 aromatic carbocycles. The zero-order valence-electron chi connectivity index (χ0n) is 10.2. The Kier molecular flexibility index (Phi) is 2.79. The Morgan fingerprint density at radius 3 is 2.78 bits per heavy atom. The van der Waals surface area contributed by atoms with Gasteiger partial charge in [-0.2, -0.15) is 10.4 Å². The molecular formula is C11H13N5O2. The number of nitrogens with zero attached hydrogens (tertiary/aromatic N) is 4. The molecule has 0 spiro atoms. The predicted octanol–water partition coefficient (Wildman–Crippen LogP) is -0.562. The summed E-state index contributed by atoms with van der Waals surface area (Å²) in [5.74, 6) is -0.774. The molecule has 1 aliphatic heterocycles. The highest BCUT2D eigenvalue weighted by molar-refractivity contribution is 6.00. The van der Waals surface area contributed by atoms with Crippen molar-refractivity contribution in [1.29, 1.82) is 5.26 Å². The maximum absolute atomic E-state index is 11.9. The van der Waals surface area contributed by atoms with Crippen LogP contribution < -0.4 is 10.6 Å². The molecule has 0 aliphatic carbocycles. The van der Waals surface area contributed by atoms with Gasteiger partial charge in [-0.1, -0.05) is 0 Å². The number of aromatic nitrogens is 2. The number of hydrogen-bond donors (Lipinski definition) is 1. The molecule has 0 bridgehead atoms. The molecular weight excluding hydrogens is 234 g/mol. The van der Waals surface area contributed by atoms with Gasteiger partial charge in [-0.25, -0.2) is 0 Å². The summed E-state index contributed by atoms with van der Waals surface area (Å²) in [5.41, 5.74) is 6.13. The second kappa shape index (κ2) is 4.14. The Bertz CT molecular complexity index is 569. The highest BCUT2D eigenvalue weighted by Crippen LogP contribution is 2.28. The smallest absolute Gasteiger partial charge is 0.229 e. The molecule has 2 rings (SSSR count). The van der Waals surface area contributed by atoms with Crippen LogP contribution in [0.4, 0.5) is 5.82 Å². The second-order valence-corrected chi connectivity index (χ2v) is 4.33. The van der Waals surface area contributed by atoms with Gasteiger partial charge in [0.1, 0.15) is 11.6 Å². The molecule has 1 fully saturated rings. The van der Waals surface area contributed by atoms with Crippen molar-refractivity contribution in [3.05, 3.63) is 11.3 Å². The van der Waals surface area contributed by atoms with Crippen molar-refractivity contribution in [2.45, 2.75) is 13.3 Å². The van der Waals surface area contributed by atoms with Crippen molar-refractivity contribution in [2.75, 3.05) is 11.4 Å². The minimum absolute atomic E-state index is 0.0877. The summed E-state index contributed by atoms with van der Waals surface area (Å²) in [4.78, 5) is 24.4. The average Bonchev–Trinajstić information content (AvgIpc) is 2.79. The Balaban J connectivity index is 2.42. The Labute approximate surface area is 104 Å². The van der Waals surface area contributed by atoms with Crippen LogP contribution in [0.5, 0.6) is 0 Å². The number of nitrogens with two attached hydrogens (primary N) is 1. The van der Waals surface area contributed by atoms with E-state index in [4.69, 9.17) is 11.0 Å². The summed E-state index contributed by atoms with van der Waals surface area (Å²) in [6.45, 7) is 1.91. The first-order valence-electron chi connectivity index (χ1n) is 5.49. The van der Waals surface area contributed by atoms with E-state index in [1.807, 2.05) is 6.07 Å². The highest BCUT2D eigenvalue weighted by Gasteiger charge is 2.36. The van der Waals surface area contributed by atoms with Gasteiger partial charge in [0, 0.05) is 20.0 Å². The third-order valence-corrected chi connectivity index (χ3v) is 3.09. The molecule has 1 aliphatic rings. The summed E-state index contributed by atoms with van der Waals surface area (Å²) < 4.78 is 1.48. The molecule has 2 amide bonds. The number of amides is 2. The van der Waals surface area contributed by atoms with Crippen molar-refractivity contribution in [1.82, 2.24) is 9.78 Å². The molecule has 2 heterocycles. The average molecular weight is 247 g/mol. The van der Waals surface area contributed by atoms with E-state index in [1.54, 1.807) is 14.0 Å². The Morgan fingerprint density at radius 2 is 2.28 bits per heavy atom. The molecule has 7 nitrogen and oxygen atoms in total. The van der Waals surface area contributed by atoms with Crippen molar-refractivity contribution in [3.63, 3.8) is 0 Å². The zero-order valence-corrected chi connectivity index (χ0v) is 10.2. The van der Waals surface area contributed by atoms with Gasteiger partial charge in [0.25, 0.3) is 0 Å². The lowest BCUT2D eigenvalue weighted by Crippen LogP contribution is -2.30. The third-order valence-electron chi connectivity index (χ3n) is 3.09. The lowest BCUT2D eigenvalue weighted by Gasteiger charge is -2.16. The van der Waals surface area contributed by atoms with Gasteiger partial charge in [0.2, 0.25) is 11.8 Å². The number of carbonyl (C=O) groups is 2. The number of primary amides is 1. The molecule has 1 aromatic rings. The molecule has 18 heavy (non-hydrogen) atoms. The molecule has 2 N–H and O–H groups in total. The Morgan fingerprint density at radius 1 is 1.61 bits per heavy atom. The van der Waals surface area contributed by atoms with Crippen molar-refractivity contribution >= 4 is 17.6 Å². The maximum Gasteiger partial charge on any atom is 0.229 e. The molecule has 0 saturated carbocycles. The lowest BCUT2D eigenvalue weighted by molar-refractivity contribution is -0.123. The van der Waals surface area contributed by atoms with Crippen LogP contribution in [-0.4, -0.2) is 28.1 Å². The summed E-state index contributed by atoms with van der Waals surface area (Å²) in [6.07, 6.45) is 0.0877. The van der Waals surface area contributed by atoms with Crippen molar-refractivity contribution < 1.29 is 9.59 Å². The first-order chi connectivity index (χ1) is 8.45. The van der Waals surface area contributed by atoms with E-state index < -0.39 is 11.8 Å². The van der Waals surface area contributed by atoms with Crippen LogP contribution in [-0.2, 0) is 16.6 Å². The van der Waals surface area contributed by atoms with Crippen molar-refractivity contribution in [2.24, 2.45) is 18.7 Å². The van der Waals surface area contributed by atoms with E-state index in [2.05, 4.69) is 5.10 Å². The van der Waals surface area contributed by atoms with Gasteiger partial charge in [0.15, 0.2) is 5.82 Å². The molecule has 1 unspecified atom stereocenters. The quantitative estimate of drug-likeness (QED) is 0.756. The van der Waals surface area contributed by atoms with Crippen LogP contribution in [0.3, 0.4) is 0 Å². The number of hydrogen-bond acceptors (Lipinski definition) is 4. The second-order valence-electron chi connectivity index (χ2n) is 4.33. The van der Waals surface area contributed by atoms with Gasteiger partial charge in [0.05, 0.1) is 11.6 Å². The fourth-order valence-corrected chi connectivity index (χ4v) is 2.19. The first-order valence-corrected chi connectivity index (χ1v) is 5.49. The van der Waals surface area contributed by atoms with Crippen LogP contribution in [0.2, 0.25) is 0 Å². The van der Waals surface area contributed by atoms with Gasteiger partial charge in [-0.15, -0.1) is 0 Å². The minimum atomic E-state index is -0.501. The monoisotopic (exact) mass is 247 g/mol. The number of rotatable bonds is 2. The van der Waals surface area contributed by atoms with Crippen LogP contribution in [0.15, 0.2) is 0 Å². The summed E-state index contributed by atoms with van der Waals surface area (Å²) in [6, 6.07) is 2.03. The maximum atomic E-state index is 11.9. The van der Waals surface area contributed by atoms with Crippen LogP contribution in [0.1, 0.15) is 17.7 Å². The van der Waals surface area contributed by atoms with Crippen molar-refractivity contribution in [3.8, 4) is 6.07 Å². The normalized spacial score (nSPS) is 19.1. The topological polar surface area (TPSA) is 105 Å². The fraction of sp³-hybridized carbons (Fsp3) is 0.455. The highest BCUT2D eigenvalue weighted by atomic mass is 16.2. The van der Waals surface area contributed by atoms with E-state index in [1.165, 1.54) is 9.58 Å². The summed E-state index contributed by atoms with van der Waals surface area (Å²) >= 11 is 0. The summed E-state index contributed by atoms with van der Waals surface area (Å²) in [7, 11) is 1.66. The van der Waals surface area contributed by atoms with Gasteiger partial charge >= 0.3 is 0 Å². The van der Waals surface area contributed by atoms with E-state index >= 15 is 0 Å². The number of carbonyl (C=O) groups excluding carboxylic acids is 2. The first kappa shape index (κ1) is 12.1. The van der Waals surface area contributed by atoms with E-state index in [-0.39, 0.29) is 18.9 Å². The third kappa shape index (κ3) is 1.72. The minimum Gasteiger partial charge on any atom is -0.369 e. The van der Waals surface area contributed by atoms with Gasteiger partial charge in [-0.3, -0.25) is 19.2 Å². The van der Waals surface area contributed by atoms with Crippen LogP contribution >= 0.6 is 0 Å². The zero-order chi connectivity index (χ0) is 13.4. The molecule has 1 aromatic heterocycles. The Hall–Kier alpha value is -2.36. The van der Waals surface area contributed by atoms with E-state index in [0.29, 0.717) is 17.1 Å². The molecule has 1 atom stereocenters. The number of anilines is 1. The number of aryl methyl sites for hydroxylation is 2. The lowest BCUT2D eigenvalue weighted by atomic mass is 10.1. The SMILES string of the molecule is Cc1nn(C)c(N2CC(C(N)=O)CC2=O)c1C#N. The van der Waals surface area contributed by atoms with Gasteiger partial charge in [-0.05, 0) is 6.92 Å². The molecule has 94 valence electrons. The van der Waals surface area contributed by atoms with E-state index in [9.17, 15) is 9.59 Å². The van der Waals surface area contributed by atoms with Crippen LogP contribution in [0.25, 0.3) is 0 Å². The molecule has 0 radical (unpaired) electrons. The van der Waals surface area contributed by atoms with E-state index in [0.717, 1.165) is 0 Å². The van der Waals surface area contributed by atoms with Gasteiger partial charge < -0.3 is 5.73 Å². The molecule has 1 saturated heterocycles. The fourth-order valence-electron chi connectivity index (χ4n) is 2.19. The van der Waals surface area contributed by atoms with Crippen LogP contribution in [0, 0.1) is 24.2 Å².